The summed E-state index contributed by atoms with van der Waals surface area (Å²) in [6.07, 6.45) is -0.455. The number of aliphatic carboxylic acids is 1. The van der Waals surface area contributed by atoms with Crippen LogP contribution < -0.4 is 5.32 Å². The molecular weight excluding hydrogens is 162 g/mol. The lowest BCUT2D eigenvalue weighted by molar-refractivity contribution is -0.138. The molecule has 0 radical (unpaired) electrons. The molecule has 0 aromatic heterocycles. The van der Waals surface area contributed by atoms with E-state index in [2.05, 4.69) is 5.32 Å². The molecule has 2 N–H and O–H groups in total. The molecule has 1 saturated heterocycles. The van der Waals surface area contributed by atoms with Crippen LogP contribution in [0, 0.1) is 0 Å². The van der Waals surface area contributed by atoms with Gasteiger partial charge < -0.3 is 9.84 Å². The van der Waals surface area contributed by atoms with E-state index in [1.165, 1.54) is 7.11 Å². The summed E-state index contributed by atoms with van der Waals surface area (Å²) in [6, 6.07) is -0.938. The van der Waals surface area contributed by atoms with Crippen LogP contribution >= 0.6 is 0 Å². The third-order valence-electron chi connectivity index (χ3n) is 1.81. The molecule has 1 aliphatic rings. The lowest BCUT2D eigenvalue weighted by atomic mass is 10.1. The Morgan fingerprint density at radius 3 is 2.92 bits per heavy atom. The van der Waals surface area contributed by atoms with Gasteiger partial charge in [-0.3, -0.25) is 10.1 Å². The molecule has 0 aromatic rings. The van der Waals surface area contributed by atoms with Gasteiger partial charge in [0.2, 0.25) is 0 Å². The van der Waals surface area contributed by atoms with E-state index in [4.69, 9.17) is 9.84 Å². The second-order valence-electron chi connectivity index (χ2n) is 2.46. The smallest absolute Gasteiger partial charge is 0.325 e. The predicted octanol–water partition coefficient (Wildman–Crippen LogP) is -1.18. The number of hydrogen-bond acceptors (Lipinski definition) is 4. The first kappa shape index (κ1) is 8.93. The van der Waals surface area contributed by atoms with Crippen LogP contribution in [0.1, 0.15) is 0 Å². The third kappa shape index (κ3) is 1.38. The minimum Gasteiger partial charge on any atom is -0.480 e. The molecule has 5 nitrogen and oxygen atoms in total. The summed E-state index contributed by atoms with van der Waals surface area (Å²) in [4.78, 5) is 20.9. The molecule has 0 saturated carbocycles. The van der Waals surface area contributed by atoms with Gasteiger partial charge >= 0.3 is 5.97 Å². The predicted molar refractivity (Wildman–Crippen MR) is 39.4 cm³/mol. The van der Waals surface area contributed by atoms with Crippen molar-refractivity contribution < 1.29 is 19.4 Å². The molecule has 2 atom stereocenters. The molecule has 0 bridgehead atoms. The highest BCUT2D eigenvalue weighted by molar-refractivity contribution is 5.82. The van der Waals surface area contributed by atoms with Crippen LogP contribution in [-0.4, -0.2) is 42.8 Å². The van der Waals surface area contributed by atoms with Crippen LogP contribution in [0.15, 0.2) is 5.57 Å². The highest BCUT2D eigenvalue weighted by Gasteiger charge is 2.35. The monoisotopic (exact) mass is 171 g/mol. The normalized spacial score (nSPS) is 28.6. The summed E-state index contributed by atoms with van der Waals surface area (Å²) in [7, 11) is 1.42. The van der Waals surface area contributed by atoms with Crippen LogP contribution in [-0.2, 0) is 14.3 Å². The Bertz CT molecular complexity index is 244. The Morgan fingerprint density at radius 1 is 1.83 bits per heavy atom. The maximum absolute atomic E-state index is 10.5. The van der Waals surface area contributed by atoms with E-state index in [-0.39, 0.29) is 5.57 Å². The summed E-state index contributed by atoms with van der Waals surface area (Å²) in [6.45, 7) is 0.345. The molecule has 12 heavy (non-hydrogen) atoms. The van der Waals surface area contributed by atoms with Gasteiger partial charge in [0.05, 0.1) is 5.57 Å². The van der Waals surface area contributed by atoms with E-state index in [1.54, 1.807) is 5.94 Å². The molecule has 1 heterocycles. The van der Waals surface area contributed by atoms with Crippen molar-refractivity contribution >= 4 is 11.9 Å². The number of methoxy groups -OCH3 is 1. The number of rotatable bonds is 2. The van der Waals surface area contributed by atoms with Crippen LogP contribution in [0.4, 0.5) is 0 Å². The molecule has 0 aliphatic carbocycles. The van der Waals surface area contributed by atoms with Crippen molar-refractivity contribution in [2.45, 2.75) is 12.1 Å². The molecular formula is C7H9NO4. The molecule has 1 rings (SSSR count). The second-order valence-corrected chi connectivity index (χ2v) is 2.46. The SMILES string of the molecule is COC1CN[C@H](C(=O)O)C1=C=O. The fraction of sp³-hybridized carbons (Fsp3) is 0.571. The Kier molecular flexibility index (Phi) is 2.60. The Morgan fingerprint density at radius 2 is 2.50 bits per heavy atom. The van der Waals surface area contributed by atoms with Gasteiger partial charge in [0, 0.05) is 13.7 Å². The molecule has 1 aliphatic heterocycles. The van der Waals surface area contributed by atoms with E-state index in [9.17, 15) is 9.59 Å². The maximum Gasteiger partial charge on any atom is 0.325 e. The van der Waals surface area contributed by atoms with Gasteiger partial charge in [-0.15, -0.1) is 0 Å². The fourth-order valence-electron chi connectivity index (χ4n) is 1.19. The maximum atomic E-state index is 10.5. The minimum atomic E-state index is -1.08. The van der Waals surface area contributed by atoms with E-state index in [0.717, 1.165) is 0 Å². The topological polar surface area (TPSA) is 75.6 Å². The lowest BCUT2D eigenvalue weighted by Gasteiger charge is -2.05. The van der Waals surface area contributed by atoms with E-state index in [0.29, 0.717) is 6.54 Å². The third-order valence-corrected chi connectivity index (χ3v) is 1.81. The summed E-state index contributed by atoms with van der Waals surface area (Å²) in [5.74, 6) is 0.519. The van der Waals surface area contributed by atoms with Gasteiger partial charge in [-0.2, -0.15) is 0 Å². The van der Waals surface area contributed by atoms with Crippen molar-refractivity contribution in [3.05, 3.63) is 5.57 Å². The number of hydrogen-bond donors (Lipinski definition) is 2. The van der Waals surface area contributed by atoms with Gasteiger partial charge in [0.25, 0.3) is 0 Å². The van der Waals surface area contributed by atoms with E-state index >= 15 is 0 Å². The summed E-state index contributed by atoms with van der Waals surface area (Å²) >= 11 is 0. The van der Waals surface area contributed by atoms with Gasteiger partial charge in [0.15, 0.2) is 0 Å². The van der Waals surface area contributed by atoms with Crippen molar-refractivity contribution in [1.29, 1.82) is 0 Å². The summed E-state index contributed by atoms with van der Waals surface area (Å²) < 4.78 is 4.87. The Hall–Kier alpha value is -1.16. The first-order valence-corrected chi connectivity index (χ1v) is 3.44. The van der Waals surface area contributed by atoms with Crippen molar-refractivity contribution in [2.24, 2.45) is 0 Å². The van der Waals surface area contributed by atoms with Gasteiger partial charge in [-0.05, 0) is 0 Å². The quantitative estimate of drug-likeness (QED) is 0.511. The number of carbonyl (C=O) groups is 1. The number of carboxylic acids is 1. The lowest BCUT2D eigenvalue weighted by Crippen LogP contribution is -2.31. The second kappa shape index (κ2) is 3.49. The van der Waals surface area contributed by atoms with Crippen LogP contribution in [0.3, 0.4) is 0 Å². The zero-order valence-electron chi connectivity index (χ0n) is 6.53. The highest BCUT2D eigenvalue weighted by Crippen LogP contribution is 2.14. The average Bonchev–Trinajstić information content (AvgIpc) is 2.46. The number of ether oxygens (including phenoxy) is 1. The van der Waals surface area contributed by atoms with Gasteiger partial charge in [-0.25, -0.2) is 4.79 Å². The molecule has 1 fully saturated rings. The molecule has 0 spiro atoms. The van der Waals surface area contributed by atoms with Crippen molar-refractivity contribution in [3.8, 4) is 0 Å². The van der Waals surface area contributed by atoms with Gasteiger partial charge in [0.1, 0.15) is 18.1 Å². The number of carboxylic acid groups (broad SMARTS) is 1. The van der Waals surface area contributed by atoms with Crippen LogP contribution in [0.5, 0.6) is 0 Å². The van der Waals surface area contributed by atoms with Crippen LogP contribution in [0.2, 0.25) is 0 Å². The molecule has 0 amide bonds. The summed E-state index contributed by atoms with van der Waals surface area (Å²) in [5.41, 5.74) is 0.130. The van der Waals surface area contributed by atoms with E-state index in [1.807, 2.05) is 0 Å². The first-order valence-electron chi connectivity index (χ1n) is 3.44. The molecule has 1 unspecified atom stereocenters. The standard InChI is InChI=1S/C7H9NO4/c1-12-5-2-8-6(7(10)11)4(5)3-9/h5-6,8H,2H2,1H3,(H,10,11)/t5?,6-/m0/s1. The largest absolute Gasteiger partial charge is 0.480 e. The van der Waals surface area contributed by atoms with Crippen LogP contribution in [0.25, 0.3) is 0 Å². The first-order chi connectivity index (χ1) is 5.70. The fourth-order valence-corrected chi connectivity index (χ4v) is 1.19. The number of nitrogens with one attached hydrogen (secondary N) is 1. The van der Waals surface area contributed by atoms with Crippen molar-refractivity contribution in [2.75, 3.05) is 13.7 Å². The minimum absolute atomic E-state index is 0.130. The highest BCUT2D eigenvalue weighted by atomic mass is 16.5. The average molecular weight is 171 g/mol. The number of carbonyl (C=O) groups excluding carboxylic acids is 1. The van der Waals surface area contributed by atoms with E-state index < -0.39 is 18.1 Å². The summed E-state index contributed by atoms with van der Waals surface area (Å²) in [5, 5.41) is 11.2. The Labute approximate surface area is 69.0 Å². The molecule has 66 valence electrons. The molecule has 0 aromatic carbocycles. The van der Waals surface area contributed by atoms with Gasteiger partial charge in [-0.1, -0.05) is 0 Å². The van der Waals surface area contributed by atoms with Crippen molar-refractivity contribution in [3.63, 3.8) is 0 Å². The van der Waals surface area contributed by atoms with Crippen molar-refractivity contribution in [1.82, 2.24) is 5.32 Å². The Balaban J connectivity index is 2.84. The zero-order valence-corrected chi connectivity index (χ0v) is 6.53. The molecule has 5 heteroatoms. The zero-order chi connectivity index (χ0) is 9.14.